The van der Waals surface area contributed by atoms with E-state index in [1.165, 1.54) is 11.6 Å². The maximum atomic E-state index is 11.9. The third-order valence-electron chi connectivity index (χ3n) is 2.88. The summed E-state index contributed by atoms with van der Waals surface area (Å²) in [5.41, 5.74) is -0.281. The van der Waals surface area contributed by atoms with E-state index < -0.39 is 11.2 Å². The van der Waals surface area contributed by atoms with Crippen molar-refractivity contribution in [2.45, 2.75) is 13.0 Å². The lowest BCUT2D eigenvalue weighted by Crippen LogP contribution is -2.36. The van der Waals surface area contributed by atoms with Crippen LogP contribution in [-0.2, 0) is 14.1 Å². The van der Waals surface area contributed by atoms with Gasteiger partial charge >= 0.3 is 5.69 Å². The van der Waals surface area contributed by atoms with Crippen LogP contribution in [0.5, 0.6) is 6.01 Å². The van der Waals surface area contributed by atoms with Crippen LogP contribution in [0.3, 0.4) is 0 Å². The SMILES string of the molecule is CNCC(C)Oc1nc2c([nH]1)c(=O)n(C)c(=O)n2C. The molecule has 0 spiro atoms. The average molecular weight is 267 g/mol. The van der Waals surface area contributed by atoms with Crippen LogP contribution in [0.15, 0.2) is 9.59 Å². The van der Waals surface area contributed by atoms with Gasteiger partial charge in [-0.25, -0.2) is 4.79 Å². The van der Waals surface area contributed by atoms with Crippen molar-refractivity contribution in [3.63, 3.8) is 0 Å². The van der Waals surface area contributed by atoms with Crippen molar-refractivity contribution in [1.82, 2.24) is 24.4 Å². The molecule has 2 aromatic rings. The van der Waals surface area contributed by atoms with E-state index in [2.05, 4.69) is 15.3 Å². The minimum atomic E-state index is -0.418. The lowest BCUT2D eigenvalue weighted by molar-refractivity contribution is 0.205. The molecular formula is C11H17N5O3. The lowest BCUT2D eigenvalue weighted by atomic mass is 10.4. The normalized spacial score (nSPS) is 12.8. The first-order valence-electron chi connectivity index (χ1n) is 5.92. The summed E-state index contributed by atoms with van der Waals surface area (Å²) in [4.78, 5) is 30.6. The predicted octanol–water partition coefficient (Wildman–Crippen LogP) is -1.05. The molecule has 0 bridgehead atoms. The molecule has 2 heterocycles. The van der Waals surface area contributed by atoms with Crippen LogP contribution in [0.1, 0.15) is 6.92 Å². The van der Waals surface area contributed by atoms with Gasteiger partial charge in [-0.3, -0.25) is 13.9 Å². The quantitative estimate of drug-likeness (QED) is 0.737. The second kappa shape index (κ2) is 4.88. The zero-order valence-corrected chi connectivity index (χ0v) is 11.4. The summed E-state index contributed by atoms with van der Waals surface area (Å²) in [5, 5.41) is 2.97. The van der Waals surface area contributed by atoms with Crippen LogP contribution >= 0.6 is 0 Å². The molecule has 104 valence electrons. The molecule has 0 radical (unpaired) electrons. The van der Waals surface area contributed by atoms with E-state index in [1.54, 1.807) is 7.05 Å². The summed E-state index contributed by atoms with van der Waals surface area (Å²) < 4.78 is 7.87. The van der Waals surface area contributed by atoms with E-state index in [4.69, 9.17) is 4.74 Å². The van der Waals surface area contributed by atoms with Gasteiger partial charge in [0.25, 0.3) is 11.6 Å². The fourth-order valence-electron chi connectivity index (χ4n) is 1.88. The van der Waals surface area contributed by atoms with Crippen LogP contribution in [-0.4, -0.2) is 38.8 Å². The molecule has 8 heteroatoms. The number of ether oxygens (including phenoxy) is 1. The molecule has 19 heavy (non-hydrogen) atoms. The highest BCUT2D eigenvalue weighted by atomic mass is 16.5. The molecule has 2 N–H and O–H groups in total. The van der Waals surface area contributed by atoms with Crippen LogP contribution in [0.4, 0.5) is 0 Å². The number of hydrogen-bond donors (Lipinski definition) is 2. The molecule has 8 nitrogen and oxygen atoms in total. The molecule has 2 aromatic heterocycles. The zero-order valence-electron chi connectivity index (χ0n) is 11.4. The van der Waals surface area contributed by atoms with Crippen molar-refractivity contribution in [1.29, 1.82) is 0 Å². The van der Waals surface area contributed by atoms with E-state index in [0.717, 1.165) is 4.57 Å². The summed E-state index contributed by atoms with van der Waals surface area (Å²) in [6.07, 6.45) is -0.105. The molecule has 0 saturated heterocycles. The van der Waals surface area contributed by atoms with E-state index in [9.17, 15) is 9.59 Å². The van der Waals surface area contributed by atoms with Gasteiger partial charge in [-0.05, 0) is 14.0 Å². The Hall–Kier alpha value is -2.09. The van der Waals surface area contributed by atoms with Crippen molar-refractivity contribution in [3.8, 4) is 6.01 Å². The number of rotatable bonds is 4. The number of aromatic nitrogens is 4. The number of aryl methyl sites for hydroxylation is 1. The second-order valence-corrected chi connectivity index (χ2v) is 4.43. The zero-order chi connectivity index (χ0) is 14.2. The summed E-state index contributed by atoms with van der Waals surface area (Å²) in [7, 11) is 4.80. The van der Waals surface area contributed by atoms with Gasteiger partial charge in [0.1, 0.15) is 6.10 Å². The van der Waals surface area contributed by atoms with Gasteiger partial charge in [0.05, 0.1) is 0 Å². The Morgan fingerprint density at radius 3 is 2.68 bits per heavy atom. The molecule has 0 saturated carbocycles. The smallest absolute Gasteiger partial charge is 0.332 e. The van der Waals surface area contributed by atoms with Crippen molar-refractivity contribution in [3.05, 3.63) is 20.8 Å². The van der Waals surface area contributed by atoms with Gasteiger partial charge in [0.15, 0.2) is 11.2 Å². The number of likely N-dealkylation sites (N-methyl/N-ethyl adjacent to an activating group) is 1. The highest BCUT2D eigenvalue weighted by Crippen LogP contribution is 2.11. The summed E-state index contributed by atoms with van der Waals surface area (Å²) in [6.45, 7) is 2.52. The van der Waals surface area contributed by atoms with Crippen LogP contribution in [0.2, 0.25) is 0 Å². The molecule has 2 rings (SSSR count). The predicted molar refractivity (Wildman–Crippen MR) is 70.6 cm³/mol. The van der Waals surface area contributed by atoms with Gasteiger partial charge < -0.3 is 15.0 Å². The standard InChI is InChI=1S/C11H17N5O3/c1-6(5-12-2)19-10-13-7-8(14-10)15(3)11(18)16(4)9(7)17/h6,12H,5H2,1-4H3,(H,13,14). The Labute approximate surface area is 109 Å². The Kier molecular flexibility index (Phi) is 3.43. The van der Waals surface area contributed by atoms with Crippen LogP contribution in [0, 0.1) is 0 Å². The maximum Gasteiger partial charge on any atom is 0.332 e. The van der Waals surface area contributed by atoms with Crippen molar-refractivity contribution in [2.24, 2.45) is 14.1 Å². The molecule has 1 unspecified atom stereocenters. The first-order chi connectivity index (χ1) is 8.95. The molecular weight excluding hydrogens is 250 g/mol. The number of aromatic amines is 1. The third-order valence-corrected chi connectivity index (χ3v) is 2.88. The summed E-state index contributed by atoms with van der Waals surface area (Å²) in [6, 6.07) is 0.232. The van der Waals surface area contributed by atoms with Crippen molar-refractivity contribution >= 4 is 11.2 Å². The van der Waals surface area contributed by atoms with E-state index in [-0.39, 0.29) is 17.6 Å². The number of nitrogens with one attached hydrogen (secondary N) is 2. The average Bonchev–Trinajstić information content (AvgIpc) is 2.78. The first-order valence-corrected chi connectivity index (χ1v) is 5.92. The lowest BCUT2D eigenvalue weighted by Gasteiger charge is -2.10. The van der Waals surface area contributed by atoms with Gasteiger partial charge in [-0.2, -0.15) is 4.98 Å². The fraction of sp³-hybridized carbons (Fsp3) is 0.545. The largest absolute Gasteiger partial charge is 0.460 e. The third kappa shape index (κ3) is 2.26. The molecule has 0 aliphatic carbocycles. The van der Waals surface area contributed by atoms with E-state index >= 15 is 0 Å². The van der Waals surface area contributed by atoms with Crippen LogP contribution < -0.4 is 21.3 Å². The monoisotopic (exact) mass is 267 g/mol. The number of imidazole rings is 1. The van der Waals surface area contributed by atoms with Gasteiger partial charge in [-0.1, -0.05) is 0 Å². The molecule has 0 aromatic carbocycles. The summed E-state index contributed by atoms with van der Waals surface area (Å²) >= 11 is 0. The topological polar surface area (TPSA) is 93.9 Å². The van der Waals surface area contributed by atoms with Crippen molar-refractivity contribution in [2.75, 3.05) is 13.6 Å². The molecule has 0 amide bonds. The summed E-state index contributed by atoms with van der Waals surface area (Å²) in [5.74, 6) is 0. The minimum absolute atomic E-state index is 0.105. The number of fused-ring (bicyclic) bond motifs is 1. The van der Waals surface area contributed by atoms with Gasteiger partial charge in [0, 0.05) is 20.6 Å². The molecule has 1 atom stereocenters. The molecule has 0 aliphatic heterocycles. The Morgan fingerprint density at radius 2 is 2.05 bits per heavy atom. The highest BCUT2D eigenvalue weighted by Gasteiger charge is 2.15. The number of nitrogens with zero attached hydrogens (tertiary/aromatic N) is 3. The first kappa shape index (κ1) is 13.3. The van der Waals surface area contributed by atoms with Crippen molar-refractivity contribution < 1.29 is 4.74 Å². The highest BCUT2D eigenvalue weighted by molar-refractivity contribution is 5.70. The number of H-pyrrole nitrogens is 1. The van der Waals surface area contributed by atoms with Gasteiger partial charge in [-0.15, -0.1) is 0 Å². The Bertz CT molecular complexity index is 711. The Morgan fingerprint density at radius 1 is 1.37 bits per heavy atom. The maximum absolute atomic E-state index is 11.9. The minimum Gasteiger partial charge on any atom is -0.460 e. The van der Waals surface area contributed by atoms with Crippen LogP contribution in [0.25, 0.3) is 11.2 Å². The number of hydrogen-bond acceptors (Lipinski definition) is 5. The van der Waals surface area contributed by atoms with E-state index in [1.807, 2.05) is 14.0 Å². The fourth-order valence-corrected chi connectivity index (χ4v) is 1.88. The van der Waals surface area contributed by atoms with E-state index in [0.29, 0.717) is 12.2 Å². The molecule has 0 aliphatic rings. The Balaban J connectivity index is 2.52. The molecule has 0 fully saturated rings. The second-order valence-electron chi connectivity index (χ2n) is 4.43. The van der Waals surface area contributed by atoms with Gasteiger partial charge in [0.2, 0.25) is 0 Å².